The molecule has 0 aromatic carbocycles. The van der Waals surface area contributed by atoms with E-state index >= 15 is 0 Å². The van der Waals surface area contributed by atoms with Crippen LogP contribution in [0.15, 0.2) is 6.07 Å². The standard InChI is InChI=1S/C11H16ClN5O/c1-17-4-2-7(3-5-17)14-11-8(10(13)18)6-9(12)15-16-11/h6-7H,2-5H2,1H3,(H2,13,18)(H,14,16). The number of piperidine rings is 1. The maximum Gasteiger partial charge on any atom is 0.252 e. The number of likely N-dealkylation sites (tertiary alicyclic amines) is 1. The minimum atomic E-state index is -0.553. The molecule has 2 heterocycles. The summed E-state index contributed by atoms with van der Waals surface area (Å²) in [6.07, 6.45) is 2.00. The van der Waals surface area contributed by atoms with Gasteiger partial charge in [-0.1, -0.05) is 11.6 Å². The quantitative estimate of drug-likeness (QED) is 0.845. The predicted molar refractivity (Wildman–Crippen MR) is 69.7 cm³/mol. The van der Waals surface area contributed by atoms with Gasteiger partial charge < -0.3 is 16.0 Å². The normalized spacial score (nSPS) is 17.7. The second-order valence-electron chi connectivity index (χ2n) is 4.52. The molecule has 6 nitrogen and oxygen atoms in total. The summed E-state index contributed by atoms with van der Waals surface area (Å²) in [5, 5.41) is 11.0. The van der Waals surface area contributed by atoms with Crippen LogP contribution in [0.3, 0.4) is 0 Å². The Morgan fingerprint density at radius 2 is 2.17 bits per heavy atom. The van der Waals surface area contributed by atoms with E-state index in [-0.39, 0.29) is 16.8 Å². The summed E-state index contributed by atoms with van der Waals surface area (Å²) in [6, 6.07) is 1.73. The molecule has 0 spiro atoms. The molecule has 0 saturated carbocycles. The van der Waals surface area contributed by atoms with E-state index in [2.05, 4.69) is 27.5 Å². The Hall–Kier alpha value is -1.40. The van der Waals surface area contributed by atoms with Crippen LogP contribution < -0.4 is 11.1 Å². The highest BCUT2D eigenvalue weighted by Crippen LogP contribution is 2.19. The molecule has 0 aliphatic carbocycles. The van der Waals surface area contributed by atoms with Gasteiger partial charge in [0.2, 0.25) is 0 Å². The molecule has 0 radical (unpaired) electrons. The number of halogens is 1. The van der Waals surface area contributed by atoms with Crippen molar-refractivity contribution in [2.45, 2.75) is 18.9 Å². The van der Waals surface area contributed by atoms with Gasteiger partial charge in [-0.2, -0.15) is 0 Å². The molecule has 0 unspecified atom stereocenters. The highest BCUT2D eigenvalue weighted by Gasteiger charge is 2.19. The Balaban J connectivity index is 2.11. The van der Waals surface area contributed by atoms with Gasteiger partial charge in [0.05, 0.1) is 5.56 Å². The fourth-order valence-corrected chi connectivity index (χ4v) is 2.16. The number of rotatable bonds is 3. The van der Waals surface area contributed by atoms with E-state index < -0.39 is 5.91 Å². The summed E-state index contributed by atoms with van der Waals surface area (Å²) >= 11 is 5.71. The smallest absolute Gasteiger partial charge is 0.252 e. The Labute approximate surface area is 111 Å². The molecule has 3 N–H and O–H groups in total. The van der Waals surface area contributed by atoms with Crippen molar-refractivity contribution in [3.8, 4) is 0 Å². The number of aromatic nitrogens is 2. The van der Waals surface area contributed by atoms with Crippen molar-refractivity contribution in [2.75, 3.05) is 25.5 Å². The number of hydrogen-bond donors (Lipinski definition) is 2. The molecule has 1 aromatic rings. The number of primary amides is 1. The SMILES string of the molecule is CN1CCC(Nc2nnc(Cl)cc2C(N)=O)CC1. The van der Waals surface area contributed by atoms with Gasteiger partial charge in [-0.05, 0) is 39.0 Å². The van der Waals surface area contributed by atoms with Gasteiger partial charge >= 0.3 is 0 Å². The summed E-state index contributed by atoms with van der Waals surface area (Å²) < 4.78 is 0. The van der Waals surface area contributed by atoms with Crippen molar-refractivity contribution >= 4 is 23.3 Å². The number of nitrogens with two attached hydrogens (primary N) is 1. The molecule has 1 aliphatic rings. The summed E-state index contributed by atoms with van der Waals surface area (Å²) in [7, 11) is 2.09. The zero-order chi connectivity index (χ0) is 13.1. The first kappa shape index (κ1) is 13.0. The molecular formula is C11H16ClN5O. The van der Waals surface area contributed by atoms with Gasteiger partial charge in [0.1, 0.15) is 0 Å². The topological polar surface area (TPSA) is 84.1 Å². The third-order valence-corrected chi connectivity index (χ3v) is 3.27. The molecular weight excluding hydrogens is 254 g/mol. The van der Waals surface area contributed by atoms with E-state index in [0.717, 1.165) is 25.9 Å². The van der Waals surface area contributed by atoms with E-state index in [1.807, 2.05) is 0 Å². The van der Waals surface area contributed by atoms with Gasteiger partial charge in [-0.25, -0.2) is 0 Å². The molecule has 0 bridgehead atoms. The lowest BCUT2D eigenvalue weighted by molar-refractivity contribution is 0.100. The van der Waals surface area contributed by atoms with Crippen LogP contribution in [0.25, 0.3) is 0 Å². The summed E-state index contributed by atoms with van der Waals surface area (Å²) in [6.45, 7) is 2.04. The third kappa shape index (κ3) is 3.08. The van der Waals surface area contributed by atoms with Crippen LogP contribution in [0.2, 0.25) is 5.15 Å². The molecule has 1 aromatic heterocycles. The van der Waals surface area contributed by atoms with Gasteiger partial charge in [-0.3, -0.25) is 4.79 Å². The van der Waals surface area contributed by atoms with E-state index in [4.69, 9.17) is 17.3 Å². The largest absolute Gasteiger partial charge is 0.365 e. The molecule has 7 heteroatoms. The molecule has 1 amide bonds. The van der Waals surface area contributed by atoms with E-state index in [0.29, 0.717) is 5.82 Å². The monoisotopic (exact) mass is 269 g/mol. The fourth-order valence-electron chi connectivity index (χ4n) is 2.01. The van der Waals surface area contributed by atoms with Crippen LogP contribution in [-0.4, -0.2) is 47.2 Å². The Bertz CT molecular complexity index is 445. The number of nitrogens with zero attached hydrogens (tertiary/aromatic N) is 3. The van der Waals surface area contributed by atoms with E-state index in [1.54, 1.807) is 0 Å². The zero-order valence-electron chi connectivity index (χ0n) is 10.2. The summed E-state index contributed by atoms with van der Waals surface area (Å²) in [5.41, 5.74) is 5.58. The highest BCUT2D eigenvalue weighted by atomic mass is 35.5. The molecule has 1 saturated heterocycles. The average Bonchev–Trinajstić information content (AvgIpc) is 2.34. The second kappa shape index (κ2) is 5.49. The number of carbonyl (C=O) groups is 1. The van der Waals surface area contributed by atoms with Crippen LogP contribution in [-0.2, 0) is 0 Å². The lowest BCUT2D eigenvalue weighted by Gasteiger charge is -2.29. The molecule has 2 rings (SSSR count). The minimum Gasteiger partial charge on any atom is -0.365 e. The second-order valence-corrected chi connectivity index (χ2v) is 4.90. The van der Waals surface area contributed by atoms with Gasteiger partial charge in [0.15, 0.2) is 11.0 Å². The van der Waals surface area contributed by atoms with Crippen molar-refractivity contribution in [1.82, 2.24) is 15.1 Å². The Morgan fingerprint density at radius 3 is 2.78 bits per heavy atom. The zero-order valence-corrected chi connectivity index (χ0v) is 10.9. The lowest BCUT2D eigenvalue weighted by Crippen LogP contribution is -2.37. The van der Waals surface area contributed by atoms with Gasteiger partial charge in [0, 0.05) is 6.04 Å². The first-order valence-electron chi connectivity index (χ1n) is 5.84. The maximum atomic E-state index is 11.3. The molecule has 98 valence electrons. The third-order valence-electron chi connectivity index (χ3n) is 3.09. The van der Waals surface area contributed by atoms with Crippen LogP contribution >= 0.6 is 11.6 Å². The molecule has 0 atom stereocenters. The van der Waals surface area contributed by atoms with Crippen LogP contribution in [0.1, 0.15) is 23.2 Å². The predicted octanol–water partition coefficient (Wildman–Crippen LogP) is 0.735. The fraction of sp³-hybridized carbons (Fsp3) is 0.545. The first-order chi connectivity index (χ1) is 8.56. The Morgan fingerprint density at radius 1 is 1.50 bits per heavy atom. The van der Waals surface area contributed by atoms with Gasteiger partial charge in [-0.15, -0.1) is 10.2 Å². The minimum absolute atomic E-state index is 0.165. The Kier molecular flexibility index (Phi) is 3.98. The number of carbonyl (C=O) groups excluding carboxylic acids is 1. The lowest BCUT2D eigenvalue weighted by atomic mass is 10.1. The number of amides is 1. The average molecular weight is 270 g/mol. The first-order valence-corrected chi connectivity index (χ1v) is 6.22. The van der Waals surface area contributed by atoms with Crippen LogP contribution in [0.4, 0.5) is 5.82 Å². The maximum absolute atomic E-state index is 11.3. The number of hydrogen-bond acceptors (Lipinski definition) is 5. The van der Waals surface area contributed by atoms with E-state index in [1.165, 1.54) is 6.07 Å². The summed E-state index contributed by atoms with van der Waals surface area (Å²) in [5.74, 6) is -0.135. The highest BCUT2D eigenvalue weighted by molar-refractivity contribution is 6.29. The van der Waals surface area contributed by atoms with Crippen molar-refractivity contribution < 1.29 is 4.79 Å². The number of nitrogens with one attached hydrogen (secondary N) is 1. The van der Waals surface area contributed by atoms with Gasteiger partial charge in [0.25, 0.3) is 5.91 Å². The van der Waals surface area contributed by atoms with Crippen molar-refractivity contribution in [2.24, 2.45) is 5.73 Å². The molecule has 18 heavy (non-hydrogen) atoms. The van der Waals surface area contributed by atoms with Crippen LogP contribution in [0.5, 0.6) is 0 Å². The van der Waals surface area contributed by atoms with E-state index in [9.17, 15) is 4.79 Å². The van der Waals surface area contributed by atoms with Crippen molar-refractivity contribution in [1.29, 1.82) is 0 Å². The van der Waals surface area contributed by atoms with Crippen molar-refractivity contribution in [3.63, 3.8) is 0 Å². The van der Waals surface area contributed by atoms with Crippen LogP contribution in [0, 0.1) is 0 Å². The molecule has 1 aliphatic heterocycles. The summed E-state index contributed by atoms with van der Waals surface area (Å²) in [4.78, 5) is 13.6. The molecule has 1 fully saturated rings. The van der Waals surface area contributed by atoms with Crippen molar-refractivity contribution in [3.05, 3.63) is 16.8 Å². The number of anilines is 1.